The molecule has 2 atom stereocenters. The van der Waals surface area contributed by atoms with Gasteiger partial charge in [0, 0.05) is 61.6 Å². The van der Waals surface area contributed by atoms with Crippen molar-refractivity contribution in [1.29, 1.82) is 0 Å². The van der Waals surface area contributed by atoms with E-state index >= 15 is 0 Å². The second-order valence-electron chi connectivity index (χ2n) is 9.54. The van der Waals surface area contributed by atoms with Gasteiger partial charge in [-0.2, -0.15) is 0 Å². The summed E-state index contributed by atoms with van der Waals surface area (Å²) < 4.78 is 1.71. The Hall–Kier alpha value is -3.82. The number of carbonyl (C=O) groups is 2. The number of amides is 2. The number of nitrogens with zero attached hydrogens (tertiary/aromatic N) is 5. The number of aliphatic hydroxyl groups is 2. The van der Waals surface area contributed by atoms with Crippen LogP contribution in [0.4, 0.5) is 17.1 Å². The van der Waals surface area contributed by atoms with Gasteiger partial charge in [-0.1, -0.05) is 42.5 Å². The molecule has 1 saturated heterocycles. The normalized spacial score (nSPS) is 20.3. The molecule has 3 heterocycles. The molecule has 0 aliphatic carbocycles. The lowest BCUT2D eigenvalue weighted by Crippen LogP contribution is -2.42. The van der Waals surface area contributed by atoms with Crippen molar-refractivity contribution < 1.29 is 19.8 Å². The predicted octanol–water partition coefficient (Wildman–Crippen LogP) is 3.09. The zero-order valence-corrected chi connectivity index (χ0v) is 20.8. The molecule has 192 valence electrons. The molecule has 1 aromatic heterocycles. The Balaban J connectivity index is 1.43. The average molecular weight is 502 g/mol. The molecule has 37 heavy (non-hydrogen) atoms. The van der Waals surface area contributed by atoms with Gasteiger partial charge in [-0.3, -0.25) is 19.2 Å². The first kappa shape index (κ1) is 24.9. The number of anilines is 3. The summed E-state index contributed by atoms with van der Waals surface area (Å²) >= 11 is 0. The minimum absolute atomic E-state index is 0.0256. The zero-order chi connectivity index (χ0) is 26.0. The molecular weight excluding hydrogens is 470 g/mol. The highest BCUT2D eigenvalue weighted by Gasteiger charge is 2.53. The molecule has 0 spiro atoms. The van der Waals surface area contributed by atoms with Gasteiger partial charge < -0.3 is 15.1 Å². The van der Waals surface area contributed by atoms with Crippen molar-refractivity contribution in [3.63, 3.8) is 0 Å². The van der Waals surface area contributed by atoms with Crippen LogP contribution in [0.2, 0.25) is 0 Å². The van der Waals surface area contributed by atoms with Gasteiger partial charge in [0.25, 0.3) is 5.91 Å². The lowest BCUT2D eigenvalue weighted by Gasteiger charge is -2.28. The van der Waals surface area contributed by atoms with E-state index < -0.39 is 17.4 Å². The van der Waals surface area contributed by atoms with Crippen LogP contribution in [0.5, 0.6) is 0 Å². The van der Waals surface area contributed by atoms with Crippen molar-refractivity contribution in [2.24, 2.45) is 5.92 Å². The number of hydrogen-bond acceptors (Lipinski definition) is 6. The van der Waals surface area contributed by atoms with E-state index in [2.05, 4.69) is 10.3 Å². The monoisotopic (exact) mass is 501 g/mol. The maximum Gasteiger partial charge on any atom is 0.268 e. The standard InChI is InChI=1S/C28H31N5O4/c1-20(8-5-6-15-31-19-21(14-17-34)29-30-31)28(37)24-18-23(32-16-7-11-26(32)35)12-13-25(24)33(27(28)36)22-9-3-2-4-10-22/h2-5,8-10,12-13,18-20,34,37H,6-7,11,14-17H2,1H3/b8-5+/t20-,28+/m1/s1. The maximum atomic E-state index is 13.9. The Bertz CT molecular complexity index is 1320. The highest BCUT2D eigenvalue weighted by atomic mass is 16.3. The Morgan fingerprint density at radius 3 is 2.68 bits per heavy atom. The van der Waals surface area contributed by atoms with E-state index in [9.17, 15) is 14.7 Å². The molecule has 9 heteroatoms. The summed E-state index contributed by atoms with van der Waals surface area (Å²) in [6.07, 6.45) is 7.98. The van der Waals surface area contributed by atoms with Crippen LogP contribution in [-0.4, -0.2) is 50.2 Å². The Morgan fingerprint density at radius 1 is 1.14 bits per heavy atom. The quantitative estimate of drug-likeness (QED) is 0.436. The number of carbonyl (C=O) groups excluding carboxylic acids is 2. The molecule has 0 saturated carbocycles. The maximum absolute atomic E-state index is 13.9. The SMILES string of the molecule is C[C@H](/C=C/CCn1cc(CCO)nn1)[C@@]1(O)C(=O)N(c2ccccc2)c2ccc(N3CCCC3=O)cc21. The molecule has 0 radical (unpaired) electrons. The molecule has 2 aromatic carbocycles. The van der Waals surface area contributed by atoms with Crippen molar-refractivity contribution in [2.45, 2.75) is 44.8 Å². The first-order chi connectivity index (χ1) is 17.9. The summed E-state index contributed by atoms with van der Waals surface area (Å²) in [5, 5.41) is 29.2. The Kier molecular flexibility index (Phi) is 6.90. The number of aromatic nitrogens is 3. The van der Waals surface area contributed by atoms with Crippen LogP contribution in [0.15, 0.2) is 66.9 Å². The number of hydrogen-bond donors (Lipinski definition) is 2. The van der Waals surface area contributed by atoms with Gasteiger partial charge in [0.1, 0.15) is 0 Å². The summed E-state index contributed by atoms with van der Waals surface area (Å²) in [5.74, 6) is -0.894. The molecule has 2 aliphatic rings. The summed E-state index contributed by atoms with van der Waals surface area (Å²) in [6, 6.07) is 14.7. The average Bonchev–Trinajstić information content (AvgIpc) is 3.60. The third kappa shape index (κ3) is 4.56. The van der Waals surface area contributed by atoms with Gasteiger partial charge in [-0.25, -0.2) is 0 Å². The topological polar surface area (TPSA) is 112 Å². The fraction of sp³-hybridized carbons (Fsp3) is 0.357. The molecule has 1 fully saturated rings. The van der Waals surface area contributed by atoms with Gasteiger partial charge in [0.2, 0.25) is 5.91 Å². The number of fused-ring (bicyclic) bond motifs is 1. The van der Waals surface area contributed by atoms with Crippen LogP contribution < -0.4 is 9.80 Å². The van der Waals surface area contributed by atoms with E-state index in [1.165, 1.54) is 0 Å². The van der Waals surface area contributed by atoms with Crippen molar-refractivity contribution in [3.8, 4) is 0 Å². The smallest absolute Gasteiger partial charge is 0.268 e. The molecule has 0 unspecified atom stereocenters. The zero-order valence-electron chi connectivity index (χ0n) is 20.8. The van der Waals surface area contributed by atoms with E-state index in [4.69, 9.17) is 5.11 Å². The van der Waals surface area contributed by atoms with E-state index in [0.717, 1.165) is 12.1 Å². The second kappa shape index (κ2) is 10.3. The third-order valence-electron chi connectivity index (χ3n) is 7.12. The van der Waals surface area contributed by atoms with Gasteiger partial charge in [0.15, 0.2) is 5.60 Å². The van der Waals surface area contributed by atoms with Crippen LogP contribution in [0.1, 0.15) is 37.4 Å². The molecule has 0 bridgehead atoms. The minimum atomic E-state index is -1.79. The number of aliphatic hydroxyl groups excluding tert-OH is 1. The van der Waals surface area contributed by atoms with Gasteiger partial charge in [-0.05, 0) is 43.2 Å². The Labute approximate surface area is 215 Å². The van der Waals surface area contributed by atoms with Crippen LogP contribution in [0.25, 0.3) is 0 Å². The summed E-state index contributed by atoms with van der Waals surface area (Å²) in [7, 11) is 0. The van der Waals surface area contributed by atoms with E-state index in [1.807, 2.05) is 61.5 Å². The van der Waals surface area contributed by atoms with E-state index in [-0.39, 0.29) is 12.5 Å². The van der Waals surface area contributed by atoms with Gasteiger partial charge in [0.05, 0.1) is 11.4 Å². The summed E-state index contributed by atoms with van der Waals surface area (Å²) in [4.78, 5) is 29.5. The molecule has 5 rings (SSSR count). The lowest BCUT2D eigenvalue weighted by atomic mass is 9.82. The molecule has 2 N–H and O–H groups in total. The molecule has 3 aromatic rings. The van der Waals surface area contributed by atoms with Crippen LogP contribution in [0, 0.1) is 5.92 Å². The van der Waals surface area contributed by atoms with Crippen LogP contribution in [-0.2, 0) is 28.2 Å². The van der Waals surface area contributed by atoms with E-state index in [0.29, 0.717) is 55.0 Å². The Morgan fingerprint density at radius 2 is 1.95 bits per heavy atom. The van der Waals surface area contributed by atoms with Crippen LogP contribution in [0.3, 0.4) is 0 Å². The van der Waals surface area contributed by atoms with Gasteiger partial charge in [-0.15, -0.1) is 5.10 Å². The molecule has 2 amide bonds. The first-order valence-electron chi connectivity index (χ1n) is 12.7. The van der Waals surface area contributed by atoms with Crippen molar-refractivity contribution >= 4 is 28.9 Å². The fourth-order valence-corrected chi connectivity index (χ4v) is 5.11. The first-order valence-corrected chi connectivity index (χ1v) is 12.7. The summed E-state index contributed by atoms with van der Waals surface area (Å²) in [5.41, 5.74) is 1.44. The van der Waals surface area contributed by atoms with E-state index in [1.54, 1.807) is 26.7 Å². The van der Waals surface area contributed by atoms with Crippen molar-refractivity contribution in [1.82, 2.24) is 15.0 Å². The molecule has 2 aliphatic heterocycles. The highest BCUT2D eigenvalue weighted by molar-refractivity contribution is 6.12. The lowest BCUT2D eigenvalue weighted by molar-refractivity contribution is -0.138. The summed E-state index contributed by atoms with van der Waals surface area (Å²) in [6.45, 7) is 3.07. The largest absolute Gasteiger partial charge is 0.396 e. The highest BCUT2D eigenvalue weighted by Crippen LogP contribution is 2.49. The number of allylic oxidation sites excluding steroid dienone is 1. The fourth-order valence-electron chi connectivity index (χ4n) is 5.11. The third-order valence-corrected chi connectivity index (χ3v) is 7.12. The number of rotatable bonds is 9. The molecular formula is C28H31N5O4. The number of aryl methyl sites for hydroxylation is 1. The van der Waals surface area contributed by atoms with Gasteiger partial charge >= 0.3 is 0 Å². The number of benzene rings is 2. The van der Waals surface area contributed by atoms with Crippen molar-refractivity contribution in [3.05, 3.63) is 78.1 Å². The number of para-hydroxylation sites is 1. The predicted molar refractivity (Wildman–Crippen MR) is 139 cm³/mol. The van der Waals surface area contributed by atoms with Crippen molar-refractivity contribution in [2.75, 3.05) is 23.0 Å². The minimum Gasteiger partial charge on any atom is -0.396 e. The second-order valence-corrected chi connectivity index (χ2v) is 9.54. The van der Waals surface area contributed by atoms with Crippen LogP contribution >= 0.6 is 0 Å². The molecule has 9 nitrogen and oxygen atoms in total.